The predicted molar refractivity (Wildman–Crippen MR) is 92.3 cm³/mol. The number of hydrogen-bond acceptors (Lipinski definition) is 4. The highest BCUT2D eigenvalue weighted by Crippen LogP contribution is 2.24. The van der Waals surface area contributed by atoms with E-state index >= 15 is 0 Å². The predicted octanol–water partition coefficient (Wildman–Crippen LogP) is 3.90. The molecule has 122 valence electrons. The first kappa shape index (κ1) is 16.9. The maximum atomic E-state index is 5.54. The standard InChI is InChI=1S/C19H22O4/c1-20-10-11-23-17-8-6-15(7-9-17)4-5-16-12-18(21-2)14-19(13-16)22-3/h4-9,12-14H,10-11H2,1-3H3/b5-4+. The van der Waals surface area contributed by atoms with Crippen molar-refractivity contribution in [1.82, 2.24) is 0 Å². The van der Waals surface area contributed by atoms with E-state index < -0.39 is 0 Å². The van der Waals surface area contributed by atoms with Crippen molar-refractivity contribution in [2.75, 3.05) is 34.5 Å². The molecule has 0 unspecified atom stereocenters. The molecule has 0 aromatic heterocycles. The Hall–Kier alpha value is -2.46. The molecule has 0 spiro atoms. The third kappa shape index (κ3) is 5.34. The van der Waals surface area contributed by atoms with E-state index in [1.807, 2.05) is 54.6 Å². The first-order chi connectivity index (χ1) is 11.2. The summed E-state index contributed by atoms with van der Waals surface area (Å²) < 4.78 is 21.0. The van der Waals surface area contributed by atoms with Crippen molar-refractivity contribution in [1.29, 1.82) is 0 Å². The zero-order valence-electron chi connectivity index (χ0n) is 13.7. The average molecular weight is 314 g/mol. The minimum atomic E-state index is 0.551. The smallest absolute Gasteiger partial charge is 0.123 e. The fraction of sp³-hybridized carbons (Fsp3) is 0.263. The summed E-state index contributed by atoms with van der Waals surface area (Å²) in [6.07, 6.45) is 4.05. The lowest BCUT2D eigenvalue weighted by Crippen LogP contribution is -2.03. The molecule has 2 rings (SSSR count). The number of hydrogen-bond donors (Lipinski definition) is 0. The van der Waals surface area contributed by atoms with Crippen molar-refractivity contribution in [3.05, 3.63) is 53.6 Å². The molecule has 0 fully saturated rings. The molecule has 0 aliphatic heterocycles. The summed E-state index contributed by atoms with van der Waals surface area (Å²) in [5.41, 5.74) is 2.10. The second kappa shape index (κ2) is 8.86. The van der Waals surface area contributed by atoms with E-state index in [9.17, 15) is 0 Å². The van der Waals surface area contributed by atoms with Crippen LogP contribution in [0.3, 0.4) is 0 Å². The van der Waals surface area contributed by atoms with Gasteiger partial charge in [0.1, 0.15) is 23.9 Å². The minimum Gasteiger partial charge on any atom is -0.497 e. The highest BCUT2D eigenvalue weighted by Gasteiger charge is 1.99. The van der Waals surface area contributed by atoms with Crippen LogP contribution in [0.5, 0.6) is 17.2 Å². The van der Waals surface area contributed by atoms with Gasteiger partial charge < -0.3 is 18.9 Å². The maximum absolute atomic E-state index is 5.54. The van der Waals surface area contributed by atoms with Gasteiger partial charge in [-0.05, 0) is 35.4 Å². The highest BCUT2D eigenvalue weighted by molar-refractivity contribution is 5.71. The summed E-state index contributed by atoms with van der Waals surface area (Å²) in [4.78, 5) is 0. The zero-order chi connectivity index (χ0) is 16.5. The van der Waals surface area contributed by atoms with Crippen molar-refractivity contribution in [2.24, 2.45) is 0 Å². The minimum absolute atomic E-state index is 0.551. The Morgan fingerprint density at radius 1 is 0.696 bits per heavy atom. The second-order valence-electron chi connectivity index (χ2n) is 4.89. The summed E-state index contributed by atoms with van der Waals surface area (Å²) in [6.45, 7) is 1.13. The monoisotopic (exact) mass is 314 g/mol. The van der Waals surface area contributed by atoms with Gasteiger partial charge in [0.2, 0.25) is 0 Å². The molecule has 0 amide bonds. The number of methoxy groups -OCH3 is 3. The van der Waals surface area contributed by atoms with Gasteiger partial charge >= 0.3 is 0 Å². The fourth-order valence-electron chi connectivity index (χ4n) is 2.04. The zero-order valence-corrected chi connectivity index (χ0v) is 13.7. The van der Waals surface area contributed by atoms with E-state index in [0.29, 0.717) is 13.2 Å². The SMILES string of the molecule is COCCOc1ccc(/C=C/c2cc(OC)cc(OC)c2)cc1. The molecule has 0 radical (unpaired) electrons. The van der Waals surface area contributed by atoms with Gasteiger partial charge in [0, 0.05) is 13.2 Å². The summed E-state index contributed by atoms with van der Waals surface area (Å²) in [7, 11) is 4.94. The molecule has 0 aliphatic carbocycles. The van der Waals surface area contributed by atoms with Crippen LogP contribution in [0.1, 0.15) is 11.1 Å². The Balaban J connectivity index is 2.05. The quantitative estimate of drug-likeness (QED) is 0.547. The number of ether oxygens (including phenoxy) is 4. The van der Waals surface area contributed by atoms with Gasteiger partial charge in [-0.15, -0.1) is 0 Å². The molecular weight excluding hydrogens is 292 g/mol. The molecule has 23 heavy (non-hydrogen) atoms. The van der Waals surface area contributed by atoms with Gasteiger partial charge in [0.15, 0.2) is 0 Å². The molecule has 0 heterocycles. The topological polar surface area (TPSA) is 36.9 Å². The van der Waals surface area contributed by atoms with Gasteiger partial charge in [0.05, 0.1) is 20.8 Å². The number of rotatable bonds is 8. The van der Waals surface area contributed by atoms with Crippen molar-refractivity contribution < 1.29 is 18.9 Å². The van der Waals surface area contributed by atoms with Gasteiger partial charge in [0.25, 0.3) is 0 Å². The van der Waals surface area contributed by atoms with E-state index in [2.05, 4.69) is 0 Å². The van der Waals surface area contributed by atoms with Crippen LogP contribution in [0.4, 0.5) is 0 Å². The second-order valence-corrected chi connectivity index (χ2v) is 4.89. The lowest BCUT2D eigenvalue weighted by molar-refractivity contribution is 0.146. The largest absolute Gasteiger partial charge is 0.497 e. The van der Waals surface area contributed by atoms with Gasteiger partial charge in [-0.1, -0.05) is 24.3 Å². The summed E-state index contributed by atoms with van der Waals surface area (Å²) in [5.74, 6) is 2.37. The van der Waals surface area contributed by atoms with Crippen LogP contribution in [0, 0.1) is 0 Å². The maximum Gasteiger partial charge on any atom is 0.123 e. The van der Waals surface area contributed by atoms with Gasteiger partial charge in [-0.3, -0.25) is 0 Å². The molecule has 0 N–H and O–H groups in total. The van der Waals surface area contributed by atoms with Crippen molar-refractivity contribution >= 4 is 12.2 Å². The van der Waals surface area contributed by atoms with Crippen LogP contribution in [0.2, 0.25) is 0 Å². The Morgan fingerprint density at radius 2 is 1.30 bits per heavy atom. The Morgan fingerprint density at radius 3 is 1.87 bits per heavy atom. The number of benzene rings is 2. The van der Waals surface area contributed by atoms with E-state index in [-0.39, 0.29) is 0 Å². The van der Waals surface area contributed by atoms with Gasteiger partial charge in [-0.25, -0.2) is 0 Å². The lowest BCUT2D eigenvalue weighted by Gasteiger charge is -2.06. The molecule has 0 saturated heterocycles. The average Bonchev–Trinajstić information content (AvgIpc) is 2.61. The third-order valence-electron chi connectivity index (χ3n) is 3.28. The van der Waals surface area contributed by atoms with Crippen molar-refractivity contribution in [3.63, 3.8) is 0 Å². The summed E-state index contributed by atoms with van der Waals surface area (Å²) in [5, 5.41) is 0. The summed E-state index contributed by atoms with van der Waals surface area (Å²) >= 11 is 0. The van der Waals surface area contributed by atoms with Crippen molar-refractivity contribution in [2.45, 2.75) is 0 Å². The fourth-order valence-corrected chi connectivity index (χ4v) is 2.04. The molecule has 2 aromatic carbocycles. The lowest BCUT2D eigenvalue weighted by atomic mass is 10.1. The van der Waals surface area contributed by atoms with Crippen LogP contribution in [0.25, 0.3) is 12.2 Å². The molecule has 4 nitrogen and oxygen atoms in total. The van der Waals surface area contributed by atoms with Crippen LogP contribution in [-0.4, -0.2) is 34.5 Å². The van der Waals surface area contributed by atoms with E-state index in [1.54, 1.807) is 21.3 Å². The summed E-state index contributed by atoms with van der Waals surface area (Å²) in [6, 6.07) is 13.7. The van der Waals surface area contributed by atoms with Crippen LogP contribution in [-0.2, 0) is 4.74 Å². The molecule has 0 atom stereocenters. The Kier molecular flexibility index (Phi) is 6.51. The Bertz CT molecular complexity index is 610. The normalized spacial score (nSPS) is 10.7. The van der Waals surface area contributed by atoms with E-state index in [4.69, 9.17) is 18.9 Å². The molecular formula is C19H22O4. The van der Waals surface area contributed by atoms with Gasteiger partial charge in [-0.2, -0.15) is 0 Å². The van der Waals surface area contributed by atoms with E-state index in [0.717, 1.165) is 28.4 Å². The van der Waals surface area contributed by atoms with Crippen LogP contribution < -0.4 is 14.2 Å². The highest BCUT2D eigenvalue weighted by atomic mass is 16.5. The Labute approximate surface area is 137 Å². The molecule has 0 aliphatic rings. The molecule has 0 saturated carbocycles. The molecule has 0 bridgehead atoms. The first-order valence-corrected chi connectivity index (χ1v) is 7.38. The molecule has 4 heteroatoms. The molecule has 2 aromatic rings. The van der Waals surface area contributed by atoms with Crippen molar-refractivity contribution in [3.8, 4) is 17.2 Å². The van der Waals surface area contributed by atoms with Crippen LogP contribution in [0.15, 0.2) is 42.5 Å². The third-order valence-corrected chi connectivity index (χ3v) is 3.28. The first-order valence-electron chi connectivity index (χ1n) is 7.38. The van der Waals surface area contributed by atoms with Crippen LogP contribution >= 0.6 is 0 Å². The van der Waals surface area contributed by atoms with E-state index in [1.165, 1.54) is 0 Å².